The van der Waals surface area contributed by atoms with E-state index in [0.717, 1.165) is 12.2 Å². The van der Waals surface area contributed by atoms with Gasteiger partial charge in [-0.2, -0.15) is 0 Å². The molecule has 1 aliphatic rings. The first-order valence-corrected chi connectivity index (χ1v) is 15.2. The van der Waals surface area contributed by atoms with Gasteiger partial charge in [0.15, 0.2) is 0 Å². The van der Waals surface area contributed by atoms with Gasteiger partial charge < -0.3 is 0 Å². The van der Waals surface area contributed by atoms with Crippen LogP contribution in [-0.2, 0) is 17.8 Å². The molecule has 5 heteroatoms. The van der Waals surface area contributed by atoms with Crippen LogP contribution >= 0.6 is 24.8 Å². The van der Waals surface area contributed by atoms with Gasteiger partial charge in [0, 0.05) is 0 Å². The van der Waals surface area contributed by atoms with Crippen LogP contribution in [0.4, 0.5) is 0 Å². The number of rotatable bonds is 4. The Bertz CT molecular complexity index is 781. The van der Waals surface area contributed by atoms with Crippen molar-refractivity contribution in [2.24, 2.45) is 5.41 Å². The maximum atomic E-state index is 6.53. The summed E-state index contributed by atoms with van der Waals surface area (Å²) in [6, 6.07) is 6.86. The molecule has 1 nitrogen and oxygen atoms in total. The second-order valence-electron chi connectivity index (χ2n) is 10.2. The number of aryl methyl sites for hydroxylation is 1. The van der Waals surface area contributed by atoms with Gasteiger partial charge >= 0.3 is 169 Å². The minimum absolute atomic E-state index is 0. The first-order chi connectivity index (χ1) is 11.7. The third-order valence-corrected chi connectivity index (χ3v) is 14.0. The van der Waals surface area contributed by atoms with Crippen LogP contribution in [-0.4, -0.2) is 12.9 Å². The summed E-state index contributed by atoms with van der Waals surface area (Å²) in [7, 11) is -1.58. The van der Waals surface area contributed by atoms with Gasteiger partial charge in [-0.3, -0.25) is 0 Å². The van der Waals surface area contributed by atoms with Crippen LogP contribution in [0, 0.1) is 12.3 Å². The van der Waals surface area contributed by atoms with Gasteiger partial charge in [-0.1, -0.05) is 0 Å². The molecule has 0 saturated carbocycles. The third-order valence-electron chi connectivity index (χ3n) is 5.96. The van der Waals surface area contributed by atoms with Crippen LogP contribution in [0.1, 0.15) is 53.5 Å². The Morgan fingerprint density at radius 1 is 1.00 bits per heavy atom. The predicted molar refractivity (Wildman–Crippen MR) is 130 cm³/mol. The van der Waals surface area contributed by atoms with Gasteiger partial charge in [0.1, 0.15) is 0 Å². The molecule has 0 aliphatic heterocycles. The minimum atomic E-state index is -2.00. The Kier molecular flexibility index (Phi) is 9.75. The molecule has 0 amide bonds. The molecule has 0 radical (unpaired) electrons. The Morgan fingerprint density at radius 2 is 1.57 bits per heavy atom. The maximum absolute atomic E-state index is 6.53. The molecule has 0 heterocycles. The summed E-state index contributed by atoms with van der Waals surface area (Å²) in [6.45, 7) is 21.1. The molecule has 0 saturated heterocycles. The van der Waals surface area contributed by atoms with Gasteiger partial charge in [0.25, 0.3) is 0 Å². The molecule has 1 aromatic rings. The zero-order valence-corrected chi connectivity index (χ0v) is 23.2. The van der Waals surface area contributed by atoms with Crippen LogP contribution in [0.3, 0.4) is 0 Å². The zero-order valence-electron chi connectivity index (χ0n) is 19.0. The van der Waals surface area contributed by atoms with Crippen molar-refractivity contribution in [2.45, 2.75) is 73.0 Å². The van der Waals surface area contributed by atoms with Crippen molar-refractivity contribution in [3.05, 3.63) is 45.4 Å². The van der Waals surface area contributed by atoms with E-state index in [9.17, 15) is 0 Å². The molecule has 28 heavy (non-hydrogen) atoms. The van der Waals surface area contributed by atoms with E-state index >= 15 is 0 Å². The van der Waals surface area contributed by atoms with Crippen LogP contribution in [0.15, 0.2) is 39.8 Å². The first kappa shape index (κ1) is 27.9. The molecular weight excluding hydrogens is 439 g/mol. The Morgan fingerprint density at radius 3 is 2.07 bits per heavy atom. The van der Waals surface area contributed by atoms with Crippen molar-refractivity contribution in [2.75, 3.05) is 0 Å². The summed E-state index contributed by atoms with van der Waals surface area (Å²) in [6.07, 6.45) is 5.58. The summed E-state index contributed by atoms with van der Waals surface area (Å²) in [5, 5.41) is 1.81. The van der Waals surface area contributed by atoms with Crippen molar-refractivity contribution < 1.29 is 21.1 Å². The van der Waals surface area contributed by atoms with Gasteiger partial charge in [0.2, 0.25) is 0 Å². The summed E-state index contributed by atoms with van der Waals surface area (Å²) >= 11 is -2.00. The quantitative estimate of drug-likeness (QED) is 0.418. The second-order valence-corrected chi connectivity index (χ2v) is 18.1. The van der Waals surface area contributed by atoms with E-state index in [1.54, 1.807) is 0 Å². The third kappa shape index (κ3) is 6.19. The fourth-order valence-corrected chi connectivity index (χ4v) is 7.78. The van der Waals surface area contributed by atoms with E-state index in [2.05, 4.69) is 96.7 Å². The SMILES string of the molecule is Cl.Cl.[CH2]=[Ti]([O]c1cc(C)cc([Si](C)(C)C(C)(C)C)c1)[C]1=C(C(C)(C)C)C=CC1. The number of halogens is 2. The average molecular weight is 477 g/mol. The predicted octanol–water partition coefficient (Wildman–Crippen LogP) is 7.16. The summed E-state index contributed by atoms with van der Waals surface area (Å²) in [5.41, 5.74) is 2.91. The standard InChI is InChI=1S/C13H22OSi.C9H13.CH2.2ClH.Ti/c1-10-7-11(14)9-12(8-10)15(5,6)13(2,3)4;1-9(2,3)8-6-4-5-7-8;;;;/h7-9,14H,1-6H3;4,6H,5H2,1-3H3;1H2;2*1H;/q;;;;;+1/p-1. The van der Waals surface area contributed by atoms with Crippen molar-refractivity contribution in [3.8, 4) is 5.75 Å². The fraction of sp³-hybridized carbons (Fsp3) is 0.522. The molecule has 0 N–H and O–H groups in total. The van der Waals surface area contributed by atoms with E-state index in [1.165, 1.54) is 20.2 Å². The molecule has 0 spiro atoms. The molecule has 0 fully saturated rings. The van der Waals surface area contributed by atoms with Gasteiger partial charge in [0.05, 0.1) is 0 Å². The Hall–Kier alpha value is -0.119. The summed E-state index contributed by atoms with van der Waals surface area (Å²) in [4.78, 5) is 4.51. The van der Waals surface area contributed by atoms with Crippen molar-refractivity contribution >= 4 is 42.9 Å². The van der Waals surface area contributed by atoms with Gasteiger partial charge in [-0.05, 0) is 0 Å². The second kappa shape index (κ2) is 9.79. The van der Waals surface area contributed by atoms with E-state index < -0.39 is 25.9 Å². The molecule has 1 aromatic carbocycles. The molecular formula is C23H38Cl2OSiTi. The van der Waals surface area contributed by atoms with Gasteiger partial charge in [-0.25, -0.2) is 0 Å². The van der Waals surface area contributed by atoms with E-state index in [4.69, 9.17) is 3.32 Å². The molecule has 1 aliphatic carbocycles. The summed E-state index contributed by atoms with van der Waals surface area (Å²) in [5.74, 6) is 1.03. The topological polar surface area (TPSA) is 9.23 Å². The molecule has 158 valence electrons. The number of allylic oxidation sites excluding steroid dienone is 4. The Labute approximate surface area is 192 Å². The fourth-order valence-electron chi connectivity index (χ4n) is 3.28. The van der Waals surface area contributed by atoms with Crippen molar-refractivity contribution in [1.29, 1.82) is 0 Å². The van der Waals surface area contributed by atoms with Crippen LogP contribution in [0.5, 0.6) is 5.75 Å². The van der Waals surface area contributed by atoms with Crippen LogP contribution in [0.25, 0.3) is 0 Å². The van der Waals surface area contributed by atoms with Crippen molar-refractivity contribution in [3.63, 3.8) is 0 Å². The average Bonchev–Trinajstić information content (AvgIpc) is 2.94. The van der Waals surface area contributed by atoms with E-state index in [1.807, 2.05) is 0 Å². The monoisotopic (exact) mass is 476 g/mol. The normalized spacial score (nSPS) is 14.5. The number of benzene rings is 1. The molecule has 0 atom stereocenters. The van der Waals surface area contributed by atoms with Crippen LogP contribution < -0.4 is 8.51 Å². The zero-order chi connectivity index (χ0) is 19.9. The molecule has 0 bridgehead atoms. The molecule has 0 unspecified atom stereocenters. The number of hydrogen-bond donors (Lipinski definition) is 0. The number of hydrogen-bond acceptors (Lipinski definition) is 1. The van der Waals surface area contributed by atoms with Gasteiger partial charge in [-0.15, -0.1) is 24.8 Å². The van der Waals surface area contributed by atoms with E-state index in [-0.39, 0.29) is 30.2 Å². The summed E-state index contributed by atoms with van der Waals surface area (Å²) < 4.78 is 8.01. The molecule has 0 aromatic heterocycles. The van der Waals surface area contributed by atoms with Crippen LogP contribution in [0.2, 0.25) is 18.1 Å². The van der Waals surface area contributed by atoms with E-state index in [0.29, 0.717) is 5.04 Å². The van der Waals surface area contributed by atoms with Crippen molar-refractivity contribution in [1.82, 2.24) is 0 Å². The Balaban J connectivity index is 0.00000364. The molecule has 2 rings (SSSR count). The first-order valence-electron chi connectivity index (χ1n) is 9.63.